The molecule has 190 valence electrons. The number of aromatic nitrogens is 2. The van der Waals surface area contributed by atoms with Crippen LogP contribution in [0.5, 0.6) is 0 Å². The molecule has 0 spiro atoms. The molecule has 1 aliphatic heterocycles. The summed E-state index contributed by atoms with van der Waals surface area (Å²) in [6.45, 7) is 1.91. The van der Waals surface area contributed by atoms with Gasteiger partial charge in [-0.3, -0.25) is 9.47 Å². The van der Waals surface area contributed by atoms with Gasteiger partial charge in [0.2, 0.25) is 0 Å². The lowest BCUT2D eigenvalue weighted by Crippen LogP contribution is -2.34. The maximum absolute atomic E-state index is 14.4. The fraction of sp³-hybridized carbons (Fsp3) is 0.185. The Morgan fingerprint density at radius 3 is 2.68 bits per heavy atom. The maximum Gasteiger partial charge on any atom is 0.326 e. The first-order valence-corrected chi connectivity index (χ1v) is 12.3. The van der Waals surface area contributed by atoms with Crippen molar-refractivity contribution in [1.82, 2.24) is 19.8 Å². The van der Waals surface area contributed by atoms with E-state index in [9.17, 15) is 18.0 Å². The molecule has 0 unspecified atom stereocenters. The summed E-state index contributed by atoms with van der Waals surface area (Å²) in [4.78, 5) is 19.4. The second kappa shape index (κ2) is 10.6. The molecule has 1 amide bonds. The van der Waals surface area contributed by atoms with Gasteiger partial charge in [0.25, 0.3) is 0 Å². The summed E-state index contributed by atoms with van der Waals surface area (Å²) in [7, 11) is 0. The second-order valence-corrected chi connectivity index (χ2v) is 9.55. The molecule has 37 heavy (non-hydrogen) atoms. The number of benzene rings is 2. The van der Waals surface area contributed by atoms with E-state index < -0.39 is 17.5 Å². The zero-order valence-electron chi connectivity index (χ0n) is 19.4. The standard InChI is InChI=1S/C27H21Cl2F3N4O/c28-20-13-25-18(12-22(20)31)19-15-35(8-1-2-16-3-4-21(30)23(32)10-16)9-6-24(19)36(25)27(37)34-14-17-5-7-33-26(29)11-17/h1-5,7,10-13H,6,8-9,14-15H2,(H,34,37). The van der Waals surface area contributed by atoms with Crippen molar-refractivity contribution in [1.29, 1.82) is 0 Å². The molecule has 0 radical (unpaired) electrons. The summed E-state index contributed by atoms with van der Waals surface area (Å²) < 4.78 is 42.6. The van der Waals surface area contributed by atoms with E-state index in [4.69, 9.17) is 23.2 Å². The number of hydrogen-bond acceptors (Lipinski definition) is 3. The van der Waals surface area contributed by atoms with Crippen LogP contribution in [0.4, 0.5) is 18.0 Å². The third-order valence-corrected chi connectivity index (χ3v) is 6.82. The number of hydrogen-bond donors (Lipinski definition) is 1. The minimum atomic E-state index is -0.899. The quantitative estimate of drug-likeness (QED) is 0.288. The summed E-state index contributed by atoms with van der Waals surface area (Å²) in [5.74, 6) is -2.35. The number of rotatable bonds is 5. The Labute approximate surface area is 221 Å². The number of amides is 1. The Morgan fingerprint density at radius 1 is 1.05 bits per heavy atom. The van der Waals surface area contributed by atoms with Crippen LogP contribution in [0.25, 0.3) is 17.0 Å². The summed E-state index contributed by atoms with van der Waals surface area (Å²) >= 11 is 12.0. The van der Waals surface area contributed by atoms with Crippen molar-refractivity contribution in [2.45, 2.75) is 19.5 Å². The smallest absolute Gasteiger partial charge is 0.326 e. The van der Waals surface area contributed by atoms with E-state index in [-0.39, 0.29) is 17.6 Å². The zero-order chi connectivity index (χ0) is 26.1. The van der Waals surface area contributed by atoms with E-state index in [0.29, 0.717) is 47.7 Å². The van der Waals surface area contributed by atoms with Crippen molar-refractivity contribution in [2.75, 3.05) is 13.1 Å². The van der Waals surface area contributed by atoms with E-state index in [0.717, 1.165) is 29.0 Å². The number of pyridine rings is 1. The molecule has 0 saturated heterocycles. The average molecular weight is 545 g/mol. The van der Waals surface area contributed by atoms with Crippen LogP contribution in [0.1, 0.15) is 22.4 Å². The summed E-state index contributed by atoms with van der Waals surface area (Å²) in [5, 5.41) is 3.78. The first kappa shape index (κ1) is 25.3. The number of carbonyl (C=O) groups excluding carboxylic acids is 1. The van der Waals surface area contributed by atoms with E-state index >= 15 is 0 Å². The van der Waals surface area contributed by atoms with Gasteiger partial charge < -0.3 is 5.32 Å². The van der Waals surface area contributed by atoms with Crippen LogP contribution in [0.2, 0.25) is 10.2 Å². The van der Waals surface area contributed by atoms with Crippen molar-refractivity contribution in [3.63, 3.8) is 0 Å². The number of nitrogens with zero attached hydrogens (tertiary/aromatic N) is 3. The molecule has 3 heterocycles. The lowest BCUT2D eigenvalue weighted by Gasteiger charge is -2.27. The molecule has 0 bridgehead atoms. The lowest BCUT2D eigenvalue weighted by atomic mass is 10.0. The molecular weight excluding hydrogens is 524 g/mol. The summed E-state index contributed by atoms with van der Waals surface area (Å²) in [5.41, 5.74) is 3.52. The first-order valence-electron chi connectivity index (χ1n) is 11.5. The fourth-order valence-electron chi connectivity index (χ4n) is 4.56. The van der Waals surface area contributed by atoms with Gasteiger partial charge in [-0.05, 0) is 53.1 Å². The highest BCUT2D eigenvalue weighted by molar-refractivity contribution is 6.31. The van der Waals surface area contributed by atoms with Crippen molar-refractivity contribution in [3.8, 4) is 0 Å². The lowest BCUT2D eigenvalue weighted by molar-refractivity contribution is 0.240. The van der Waals surface area contributed by atoms with Crippen LogP contribution >= 0.6 is 23.2 Å². The minimum absolute atomic E-state index is 0.0661. The maximum atomic E-state index is 14.4. The van der Waals surface area contributed by atoms with Gasteiger partial charge >= 0.3 is 6.03 Å². The van der Waals surface area contributed by atoms with Crippen LogP contribution < -0.4 is 5.32 Å². The molecule has 2 aromatic heterocycles. The van der Waals surface area contributed by atoms with Gasteiger partial charge in [0.1, 0.15) is 11.0 Å². The average Bonchev–Trinajstić information content (AvgIpc) is 3.17. The van der Waals surface area contributed by atoms with E-state index in [1.807, 2.05) is 6.08 Å². The van der Waals surface area contributed by atoms with Gasteiger partial charge in [-0.15, -0.1) is 0 Å². The van der Waals surface area contributed by atoms with Gasteiger partial charge in [0.05, 0.1) is 10.5 Å². The van der Waals surface area contributed by atoms with Gasteiger partial charge in [0.15, 0.2) is 11.6 Å². The molecule has 4 aromatic rings. The molecule has 1 N–H and O–H groups in total. The van der Waals surface area contributed by atoms with Crippen molar-refractivity contribution >= 4 is 46.2 Å². The molecule has 10 heteroatoms. The highest BCUT2D eigenvalue weighted by atomic mass is 35.5. The Bertz CT molecular complexity index is 1540. The van der Waals surface area contributed by atoms with Gasteiger partial charge in [-0.25, -0.2) is 22.9 Å². The number of nitrogens with one attached hydrogen (secondary N) is 1. The Hall–Kier alpha value is -3.33. The molecule has 0 aliphatic carbocycles. The zero-order valence-corrected chi connectivity index (χ0v) is 21.0. The second-order valence-electron chi connectivity index (χ2n) is 8.75. The monoisotopic (exact) mass is 544 g/mol. The van der Waals surface area contributed by atoms with Crippen molar-refractivity contribution in [3.05, 3.63) is 105 Å². The fourth-order valence-corrected chi connectivity index (χ4v) is 4.91. The van der Waals surface area contributed by atoms with Crippen LogP contribution in [-0.2, 0) is 19.5 Å². The Morgan fingerprint density at radius 2 is 1.89 bits per heavy atom. The minimum Gasteiger partial charge on any atom is -0.333 e. The molecule has 5 rings (SSSR count). The first-order chi connectivity index (χ1) is 17.8. The molecule has 0 saturated carbocycles. The largest absolute Gasteiger partial charge is 0.333 e. The Balaban J connectivity index is 1.39. The highest BCUT2D eigenvalue weighted by Gasteiger charge is 2.27. The summed E-state index contributed by atoms with van der Waals surface area (Å²) in [6.07, 6.45) is 5.70. The van der Waals surface area contributed by atoms with Gasteiger partial charge in [0, 0.05) is 49.9 Å². The Kier molecular flexibility index (Phi) is 7.24. The van der Waals surface area contributed by atoms with Gasteiger partial charge in [-0.1, -0.05) is 41.4 Å². The van der Waals surface area contributed by atoms with Crippen molar-refractivity contribution in [2.24, 2.45) is 0 Å². The van der Waals surface area contributed by atoms with Crippen LogP contribution in [-0.4, -0.2) is 33.6 Å². The number of halogens is 5. The molecule has 0 fully saturated rings. The summed E-state index contributed by atoms with van der Waals surface area (Å²) in [6, 6.07) is 9.64. The topological polar surface area (TPSA) is 50.2 Å². The van der Waals surface area contributed by atoms with E-state index in [1.54, 1.807) is 29.0 Å². The van der Waals surface area contributed by atoms with Crippen LogP contribution in [0, 0.1) is 17.5 Å². The number of carbonyl (C=O) groups is 1. The molecular formula is C27H21Cl2F3N4O. The van der Waals surface area contributed by atoms with Gasteiger partial charge in [-0.2, -0.15) is 0 Å². The third-order valence-electron chi connectivity index (χ3n) is 6.32. The third kappa shape index (κ3) is 5.37. The predicted molar refractivity (Wildman–Crippen MR) is 138 cm³/mol. The predicted octanol–water partition coefficient (Wildman–Crippen LogP) is 6.59. The molecule has 0 atom stereocenters. The molecule has 2 aromatic carbocycles. The van der Waals surface area contributed by atoms with E-state index in [2.05, 4.69) is 15.2 Å². The number of fused-ring (bicyclic) bond motifs is 3. The molecule has 1 aliphatic rings. The van der Waals surface area contributed by atoms with E-state index in [1.165, 1.54) is 18.2 Å². The molecule has 5 nitrogen and oxygen atoms in total. The normalized spacial score (nSPS) is 13.9. The highest BCUT2D eigenvalue weighted by Crippen LogP contribution is 2.34. The van der Waals surface area contributed by atoms with Crippen LogP contribution in [0.15, 0.2) is 54.7 Å². The van der Waals surface area contributed by atoms with Crippen molar-refractivity contribution < 1.29 is 18.0 Å². The SMILES string of the molecule is O=C(NCc1ccnc(Cl)c1)n1c2c(c3cc(F)c(Cl)cc31)CN(CC=Cc1ccc(F)c(F)c1)CC2. The van der Waals surface area contributed by atoms with Crippen LogP contribution in [0.3, 0.4) is 0 Å².